The van der Waals surface area contributed by atoms with Crippen LogP contribution in [-0.4, -0.2) is 35.7 Å². The lowest BCUT2D eigenvalue weighted by molar-refractivity contribution is -0.139. The van der Waals surface area contributed by atoms with E-state index in [0.29, 0.717) is 5.92 Å². The summed E-state index contributed by atoms with van der Waals surface area (Å²) < 4.78 is 0. The van der Waals surface area contributed by atoms with Gasteiger partial charge in [0.25, 0.3) is 0 Å². The molecular formula is C7H13NO2S. The molecule has 1 rings (SSSR count). The Morgan fingerprint density at radius 3 is 3.09 bits per heavy atom. The first-order chi connectivity index (χ1) is 5.25. The van der Waals surface area contributed by atoms with Crippen LogP contribution >= 0.6 is 11.8 Å². The van der Waals surface area contributed by atoms with Crippen LogP contribution in [0.4, 0.5) is 0 Å². The van der Waals surface area contributed by atoms with E-state index in [1.807, 2.05) is 6.26 Å². The number of aliphatic carboxylic acids is 1. The van der Waals surface area contributed by atoms with Crippen molar-refractivity contribution in [1.82, 2.24) is 5.32 Å². The zero-order valence-electron chi connectivity index (χ0n) is 6.54. The number of carboxylic acids is 1. The Kier molecular flexibility index (Phi) is 3.20. The summed E-state index contributed by atoms with van der Waals surface area (Å²) in [7, 11) is 0. The largest absolute Gasteiger partial charge is 0.480 e. The van der Waals surface area contributed by atoms with E-state index in [4.69, 9.17) is 5.11 Å². The molecule has 2 atom stereocenters. The van der Waals surface area contributed by atoms with E-state index < -0.39 is 5.97 Å². The Hall–Kier alpha value is -0.220. The highest BCUT2D eigenvalue weighted by atomic mass is 32.2. The van der Waals surface area contributed by atoms with E-state index in [2.05, 4.69) is 5.32 Å². The van der Waals surface area contributed by atoms with Crippen molar-refractivity contribution >= 4 is 17.7 Å². The molecule has 2 N–H and O–H groups in total. The number of carbonyl (C=O) groups is 1. The molecule has 4 heteroatoms. The molecular weight excluding hydrogens is 162 g/mol. The van der Waals surface area contributed by atoms with Crippen molar-refractivity contribution in [2.45, 2.75) is 12.5 Å². The van der Waals surface area contributed by atoms with Crippen molar-refractivity contribution in [1.29, 1.82) is 0 Å². The molecule has 1 heterocycles. The number of carboxylic acid groups (broad SMARTS) is 1. The smallest absolute Gasteiger partial charge is 0.321 e. The van der Waals surface area contributed by atoms with Crippen molar-refractivity contribution in [3.63, 3.8) is 0 Å². The summed E-state index contributed by atoms with van der Waals surface area (Å²) in [6, 6.07) is -0.303. The fourth-order valence-corrected chi connectivity index (χ4v) is 2.23. The van der Waals surface area contributed by atoms with Gasteiger partial charge in [-0.1, -0.05) is 0 Å². The average molecular weight is 175 g/mol. The maximum atomic E-state index is 10.6. The fourth-order valence-electron chi connectivity index (χ4n) is 1.44. The van der Waals surface area contributed by atoms with Gasteiger partial charge in [-0.15, -0.1) is 0 Å². The highest BCUT2D eigenvalue weighted by Crippen LogP contribution is 2.19. The number of hydrogen-bond donors (Lipinski definition) is 2. The average Bonchev–Trinajstić information content (AvgIpc) is 2.36. The number of thioether (sulfide) groups is 1. The van der Waals surface area contributed by atoms with Gasteiger partial charge in [0.05, 0.1) is 0 Å². The zero-order valence-corrected chi connectivity index (χ0v) is 7.36. The Labute approximate surface area is 70.6 Å². The lowest BCUT2D eigenvalue weighted by Crippen LogP contribution is -2.36. The fraction of sp³-hybridized carbons (Fsp3) is 0.857. The predicted octanol–water partition coefficient (Wildman–Crippen LogP) is 0.412. The van der Waals surface area contributed by atoms with E-state index in [1.54, 1.807) is 11.8 Å². The van der Waals surface area contributed by atoms with Crippen LogP contribution in [-0.2, 0) is 4.79 Å². The summed E-state index contributed by atoms with van der Waals surface area (Å²) in [5.74, 6) is 0.563. The van der Waals surface area contributed by atoms with Gasteiger partial charge in [-0.3, -0.25) is 4.79 Å². The highest BCUT2D eigenvalue weighted by molar-refractivity contribution is 7.98. The molecule has 1 aliphatic heterocycles. The van der Waals surface area contributed by atoms with Gasteiger partial charge in [-0.05, 0) is 30.9 Å². The summed E-state index contributed by atoms with van der Waals surface area (Å²) >= 11 is 1.72. The second kappa shape index (κ2) is 3.97. The number of hydrogen-bond acceptors (Lipinski definition) is 3. The van der Waals surface area contributed by atoms with Crippen molar-refractivity contribution < 1.29 is 9.90 Å². The monoisotopic (exact) mass is 175 g/mol. The van der Waals surface area contributed by atoms with Crippen LogP contribution in [0.1, 0.15) is 6.42 Å². The summed E-state index contributed by atoms with van der Waals surface area (Å²) in [5.41, 5.74) is 0. The Morgan fingerprint density at radius 1 is 1.82 bits per heavy atom. The Morgan fingerprint density at radius 2 is 2.55 bits per heavy atom. The predicted molar refractivity (Wildman–Crippen MR) is 45.9 cm³/mol. The minimum atomic E-state index is -0.707. The third-order valence-corrected chi connectivity index (χ3v) is 2.76. The molecule has 0 saturated carbocycles. The molecule has 0 unspecified atom stereocenters. The first-order valence-corrected chi connectivity index (χ1v) is 5.10. The molecule has 1 fully saturated rings. The van der Waals surface area contributed by atoms with Gasteiger partial charge < -0.3 is 10.4 Å². The van der Waals surface area contributed by atoms with Gasteiger partial charge in [0, 0.05) is 0 Å². The molecule has 0 aliphatic carbocycles. The highest BCUT2D eigenvalue weighted by Gasteiger charge is 2.31. The summed E-state index contributed by atoms with van der Waals surface area (Å²) in [5, 5.41) is 11.7. The van der Waals surface area contributed by atoms with Gasteiger partial charge in [0.15, 0.2) is 0 Å². The van der Waals surface area contributed by atoms with Crippen molar-refractivity contribution in [2.24, 2.45) is 5.92 Å². The standard InChI is InChI=1S/C7H13NO2S/c1-11-4-5-2-3-8-6(5)7(9)10/h5-6,8H,2-4H2,1H3,(H,9,10)/t5-,6+/m1/s1. The molecule has 0 radical (unpaired) electrons. The summed E-state index contributed by atoms with van der Waals surface area (Å²) in [6.45, 7) is 0.849. The van der Waals surface area contributed by atoms with Crippen molar-refractivity contribution in [2.75, 3.05) is 18.6 Å². The topological polar surface area (TPSA) is 49.3 Å². The zero-order chi connectivity index (χ0) is 8.27. The third kappa shape index (κ3) is 2.10. The van der Waals surface area contributed by atoms with Gasteiger partial charge in [-0.2, -0.15) is 11.8 Å². The first kappa shape index (κ1) is 8.87. The lowest BCUT2D eigenvalue weighted by Gasteiger charge is -2.12. The van der Waals surface area contributed by atoms with Gasteiger partial charge in [0.1, 0.15) is 6.04 Å². The molecule has 0 spiro atoms. The quantitative estimate of drug-likeness (QED) is 0.652. The number of rotatable bonds is 3. The molecule has 1 aliphatic rings. The lowest BCUT2D eigenvalue weighted by atomic mass is 10.0. The van der Waals surface area contributed by atoms with Crippen molar-refractivity contribution in [3.05, 3.63) is 0 Å². The van der Waals surface area contributed by atoms with E-state index in [-0.39, 0.29) is 6.04 Å². The molecule has 3 nitrogen and oxygen atoms in total. The van der Waals surface area contributed by atoms with Crippen LogP contribution in [0.5, 0.6) is 0 Å². The summed E-state index contributed by atoms with van der Waals surface area (Å²) in [6.07, 6.45) is 3.01. The SMILES string of the molecule is CSC[C@H]1CCN[C@@H]1C(=O)O. The van der Waals surface area contributed by atoms with Crippen LogP contribution in [0.15, 0.2) is 0 Å². The third-order valence-electron chi connectivity index (χ3n) is 2.00. The minimum Gasteiger partial charge on any atom is -0.480 e. The van der Waals surface area contributed by atoms with Crippen LogP contribution in [0.2, 0.25) is 0 Å². The van der Waals surface area contributed by atoms with Crippen LogP contribution in [0.3, 0.4) is 0 Å². The van der Waals surface area contributed by atoms with E-state index in [9.17, 15) is 4.79 Å². The van der Waals surface area contributed by atoms with Crippen LogP contribution in [0.25, 0.3) is 0 Å². The maximum absolute atomic E-state index is 10.6. The van der Waals surface area contributed by atoms with E-state index >= 15 is 0 Å². The minimum absolute atomic E-state index is 0.303. The van der Waals surface area contributed by atoms with E-state index in [1.165, 1.54) is 0 Å². The Bertz CT molecular complexity index is 151. The molecule has 64 valence electrons. The van der Waals surface area contributed by atoms with E-state index in [0.717, 1.165) is 18.7 Å². The van der Waals surface area contributed by atoms with Gasteiger partial charge in [-0.25, -0.2) is 0 Å². The first-order valence-electron chi connectivity index (χ1n) is 3.71. The molecule has 0 aromatic rings. The summed E-state index contributed by atoms with van der Waals surface area (Å²) in [4.78, 5) is 10.6. The number of nitrogens with one attached hydrogen (secondary N) is 1. The van der Waals surface area contributed by atoms with Crippen LogP contribution in [0, 0.1) is 5.92 Å². The molecule has 0 bridgehead atoms. The van der Waals surface area contributed by atoms with Crippen molar-refractivity contribution in [3.8, 4) is 0 Å². The second-order valence-corrected chi connectivity index (χ2v) is 3.68. The second-order valence-electron chi connectivity index (χ2n) is 2.77. The van der Waals surface area contributed by atoms with Gasteiger partial charge >= 0.3 is 5.97 Å². The molecule has 0 aromatic carbocycles. The van der Waals surface area contributed by atoms with Gasteiger partial charge in [0.2, 0.25) is 0 Å². The molecule has 1 saturated heterocycles. The maximum Gasteiger partial charge on any atom is 0.321 e. The van der Waals surface area contributed by atoms with Crippen LogP contribution < -0.4 is 5.32 Å². The molecule has 0 amide bonds. The molecule has 0 aromatic heterocycles. The molecule has 11 heavy (non-hydrogen) atoms. The Balaban J connectivity index is 2.44. The normalized spacial score (nSPS) is 30.6.